The van der Waals surface area contributed by atoms with Gasteiger partial charge in [0.1, 0.15) is 18.9 Å². The van der Waals surface area contributed by atoms with Crippen LogP contribution in [-0.2, 0) is 32.5 Å². The lowest BCUT2D eigenvalue weighted by Crippen LogP contribution is -2.57. The number of aromatic nitrogens is 2. The second-order valence-corrected chi connectivity index (χ2v) is 13.6. The van der Waals surface area contributed by atoms with Gasteiger partial charge in [-0.15, -0.1) is 0 Å². The minimum atomic E-state index is -0.746. The predicted molar refractivity (Wildman–Crippen MR) is 174 cm³/mol. The molecule has 252 valence electrons. The molecule has 0 aliphatic carbocycles. The molecule has 12 heteroatoms. The molecule has 1 aromatic carbocycles. The van der Waals surface area contributed by atoms with E-state index in [0.29, 0.717) is 43.9 Å². The van der Waals surface area contributed by atoms with Crippen molar-refractivity contribution in [3.8, 4) is 0 Å². The van der Waals surface area contributed by atoms with Gasteiger partial charge in [-0.3, -0.25) is 23.7 Å². The molecule has 0 saturated carbocycles. The van der Waals surface area contributed by atoms with Gasteiger partial charge < -0.3 is 24.5 Å². The molecule has 1 spiro atoms. The molecule has 1 aromatic heterocycles. The number of morpholine rings is 1. The Morgan fingerprint density at radius 1 is 1.15 bits per heavy atom. The predicted octanol–water partition coefficient (Wildman–Crippen LogP) is 2.47. The summed E-state index contributed by atoms with van der Waals surface area (Å²) in [5.74, 6) is -0.282. The van der Waals surface area contributed by atoms with E-state index in [4.69, 9.17) is 9.47 Å². The lowest BCUT2D eigenvalue weighted by atomic mass is 9.89. The van der Waals surface area contributed by atoms with Crippen LogP contribution >= 0.6 is 0 Å². The molecule has 6 rings (SSSR count). The molecule has 4 saturated heterocycles. The summed E-state index contributed by atoms with van der Waals surface area (Å²) in [5, 5.41) is 2.65. The fourth-order valence-electron chi connectivity index (χ4n) is 8.44. The number of aldehydes is 1. The van der Waals surface area contributed by atoms with E-state index in [1.165, 1.54) is 23.8 Å². The molecule has 2 aromatic rings. The van der Waals surface area contributed by atoms with Crippen LogP contribution in [0.15, 0.2) is 23.0 Å². The molecule has 4 aliphatic rings. The Kier molecular flexibility index (Phi) is 10.1. The first-order valence-corrected chi connectivity index (χ1v) is 17.2. The van der Waals surface area contributed by atoms with E-state index in [0.717, 1.165) is 75.6 Å². The Labute approximate surface area is 270 Å². The fraction of sp³-hybridized carbons (Fsp3) is 0.706. The van der Waals surface area contributed by atoms with Gasteiger partial charge in [0.2, 0.25) is 5.91 Å². The van der Waals surface area contributed by atoms with Crippen molar-refractivity contribution in [2.45, 2.75) is 87.9 Å². The summed E-state index contributed by atoms with van der Waals surface area (Å²) in [4.78, 5) is 56.9. The number of para-hydroxylation sites is 1. The number of likely N-dealkylation sites (tertiary alicyclic amines) is 1. The van der Waals surface area contributed by atoms with E-state index in [2.05, 4.69) is 21.2 Å². The molecule has 5 heterocycles. The molecule has 4 fully saturated rings. The van der Waals surface area contributed by atoms with Crippen molar-refractivity contribution in [1.82, 2.24) is 29.2 Å². The molecule has 46 heavy (non-hydrogen) atoms. The van der Waals surface area contributed by atoms with E-state index in [1.807, 2.05) is 17.0 Å². The highest BCUT2D eigenvalue weighted by Gasteiger charge is 2.42. The standard InChI is InChI=1S/C34H50N6O6/c1-35-31(42)29(11-6-21-41)40-28-10-3-7-25(30(28)36(2)32(40)43)8-4-16-37-20-22-46-34(24-37)14-18-38(19-15-34)33(44)45-23-27-13-12-26-9-5-17-39(26)27/h3,7,10,21,26-27,29H,4-6,8-9,11-20,22-24H2,1-2H3,(H,35,42). The van der Waals surface area contributed by atoms with E-state index in [9.17, 15) is 19.2 Å². The summed E-state index contributed by atoms with van der Waals surface area (Å²) in [6, 6.07) is 6.20. The number of carbonyl (C=O) groups is 3. The quantitative estimate of drug-likeness (QED) is 0.373. The van der Waals surface area contributed by atoms with Crippen molar-refractivity contribution < 1.29 is 23.9 Å². The summed E-state index contributed by atoms with van der Waals surface area (Å²) in [6.07, 6.45) is 9.28. The second kappa shape index (κ2) is 14.3. The number of rotatable bonds is 11. The third-order valence-electron chi connectivity index (χ3n) is 10.9. The summed E-state index contributed by atoms with van der Waals surface area (Å²) < 4.78 is 15.3. The number of imidazole rings is 1. The van der Waals surface area contributed by atoms with Crippen LogP contribution in [0.4, 0.5) is 4.79 Å². The van der Waals surface area contributed by atoms with E-state index in [1.54, 1.807) is 18.7 Å². The Morgan fingerprint density at radius 2 is 1.98 bits per heavy atom. The van der Waals surface area contributed by atoms with Gasteiger partial charge in [-0.25, -0.2) is 9.59 Å². The summed E-state index contributed by atoms with van der Waals surface area (Å²) in [7, 11) is 3.29. The van der Waals surface area contributed by atoms with E-state index < -0.39 is 6.04 Å². The minimum absolute atomic E-state index is 0.187. The molecule has 0 radical (unpaired) electrons. The van der Waals surface area contributed by atoms with Crippen molar-refractivity contribution in [3.63, 3.8) is 0 Å². The maximum Gasteiger partial charge on any atom is 0.409 e. The number of nitrogens with zero attached hydrogens (tertiary/aromatic N) is 5. The van der Waals surface area contributed by atoms with Gasteiger partial charge in [0.05, 0.1) is 23.2 Å². The van der Waals surface area contributed by atoms with Gasteiger partial charge in [-0.05, 0) is 82.5 Å². The summed E-state index contributed by atoms with van der Waals surface area (Å²) in [6.45, 7) is 6.25. The van der Waals surface area contributed by atoms with Gasteiger partial charge in [0.15, 0.2) is 0 Å². The molecule has 1 N–H and O–H groups in total. The van der Waals surface area contributed by atoms with Crippen LogP contribution in [-0.4, -0.2) is 119 Å². The monoisotopic (exact) mass is 638 g/mol. The van der Waals surface area contributed by atoms with Gasteiger partial charge >= 0.3 is 11.8 Å². The summed E-state index contributed by atoms with van der Waals surface area (Å²) >= 11 is 0. The van der Waals surface area contributed by atoms with Crippen molar-refractivity contribution >= 4 is 29.3 Å². The van der Waals surface area contributed by atoms with Crippen LogP contribution < -0.4 is 11.0 Å². The molecule has 0 bridgehead atoms. The average Bonchev–Trinajstić information content (AvgIpc) is 3.76. The highest BCUT2D eigenvalue weighted by atomic mass is 16.6. The van der Waals surface area contributed by atoms with Gasteiger partial charge in [0, 0.05) is 58.8 Å². The lowest BCUT2D eigenvalue weighted by molar-refractivity contribution is -0.133. The number of hydrogen-bond acceptors (Lipinski definition) is 8. The third kappa shape index (κ3) is 6.61. The van der Waals surface area contributed by atoms with Crippen LogP contribution in [0.5, 0.6) is 0 Å². The Morgan fingerprint density at radius 3 is 2.76 bits per heavy atom. The SMILES string of the molecule is CNC(=O)C(CCC=O)n1c(=O)n(C)c2c(CCCN3CCOC4(CCN(C(=O)OCC5CCC6CCCN65)CC4)C3)cccc21. The largest absolute Gasteiger partial charge is 0.448 e. The highest BCUT2D eigenvalue weighted by Crippen LogP contribution is 2.34. The van der Waals surface area contributed by atoms with Crippen molar-refractivity contribution in [2.24, 2.45) is 7.05 Å². The Hall–Kier alpha value is -3.22. The molecule has 3 unspecified atom stereocenters. The van der Waals surface area contributed by atoms with Crippen LogP contribution in [0.2, 0.25) is 0 Å². The number of piperidine rings is 1. The number of benzene rings is 1. The Bertz CT molecular complexity index is 1460. The second-order valence-electron chi connectivity index (χ2n) is 13.6. The highest BCUT2D eigenvalue weighted by molar-refractivity contribution is 5.85. The van der Waals surface area contributed by atoms with Gasteiger partial charge in [0.25, 0.3) is 0 Å². The van der Waals surface area contributed by atoms with Crippen LogP contribution in [0.3, 0.4) is 0 Å². The average molecular weight is 639 g/mol. The molecule has 12 nitrogen and oxygen atoms in total. The van der Waals surface area contributed by atoms with E-state index >= 15 is 0 Å². The molecular formula is C34H50N6O6. The third-order valence-corrected chi connectivity index (χ3v) is 10.9. The minimum Gasteiger partial charge on any atom is -0.448 e. The molecule has 4 aliphatic heterocycles. The fourth-order valence-corrected chi connectivity index (χ4v) is 8.44. The number of aryl methyl sites for hydroxylation is 2. The maximum atomic E-state index is 13.4. The van der Waals surface area contributed by atoms with E-state index in [-0.39, 0.29) is 36.1 Å². The van der Waals surface area contributed by atoms with Crippen molar-refractivity contribution in [3.05, 3.63) is 34.2 Å². The van der Waals surface area contributed by atoms with Crippen LogP contribution in [0.1, 0.15) is 69.4 Å². The number of amides is 2. The molecular weight excluding hydrogens is 588 g/mol. The zero-order valence-corrected chi connectivity index (χ0v) is 27.5. The maximum absolute atomic E-state index is 13.4. The van der Waals surface area contributed by atoms with Gasteiger partial charge in [-0.2, -0.15) is 0 Å². The summed E-state index contributed by atoms with van der Waals surface area (Å²) in [5.41, 5.74) is 2.11. The zero-order valence-electron chi connectivity index (χ0n) is 27.5. The van der Waals surface area contributed by atoms with Crippen molar-refractivity contribution in [1.29, 1.82) is 0 Å². The van der Waals surface area contributed by atoms with Gasteiger partial charge in [-0.1, -0.05) is 12.1 Å². The first kappa shape index (κ1) is 32.7. The number of likely N-dealkylation sites (N-methyl/N-ethyl adjacent to an activating group) is 1. The van der Waals surface area contributed by atoms with Crippen LogP contribution in [0.25, 0.3) is 11.0 Å². The molecule has 3 atom stereocenters. The van der Waals surface area contributed by atoms with Crippen molar-refractivity contribution in [2.75, 3.05) is 59.5 Å². The number of ether oxygens (including phenoxy) is 2. The first-order valence-electron chi connectivity index (χ1n) is 17.2. The number of hydrogen-bond donors (Lipinski definition) is 1. The number of carbonyl (C=O) groups excluding carboxylic acids is 3. The first-order chi connectivity index (χ1) is 22.3. The smallest absolute Gasteiger partial charge is 0.409 e. The topological polar surface area (TPSA) is 118 Å². The Balaban J connectivity index is 1.02. The number of fused-ring (bicyclic) bond motifs is 2. The number of nitrogens with one attached hydrogen (secondary N) is 1. The lowest BCUT2D eigenvalue weighted by Gasteiger charge is -2.47. The van der Waals surface area contributed by atoms with Crippen LogP contribution in [0, 0.1) is 0 Å². The normalized spacial score (nSPS) is 23.9. The molecule has 2 amide bonds. The zero-order chi connectivity index (χ0) is 32.3.